The topological polar surface area (TPSA) is 115 Å². The molecule has 0 amide bonds. The SMILES string of the molecule is COCCCn1cnnc1[C@H](C)Nc1ncnc2sc(C(=O)O)c(C)c12. The van der Waals surface area contributed by atoms with Gasteiger partial charge in [0.1, 0.15) is 28.2 Å². The van der Waals surface area contributed by atoms with Crippen LogP contribution in [0.4, 0.5) is 5.82 Å². The number of methoxy groups -OCH3 is 1. The number of carboxylic acid groups (broad SMARTS) is 1. The molecule has 3 aromatic heterocycles. The Hall–Kier alpha value is -2.59. The fourth-order valence-corrected chi connectivity index (χ4v) is 3.79. The number of hydrogen-bond donors (Lipinski definition) is 2. The van der Waals surface area contributed by atoms with E-state index in [9.17, 15) is 9.90 Å². The van der Waals surface area contributed by atoms with Crippen molar-refractivity contribution in [3.05, 3.63) is 28.9 Å². The van der Waals surface area contributed by atoms with E-state index in [0.29, 0.717) is 22.8 Å². The van der Waals surface area contributed by atoms with E-state index in [2.05, 4.69) is 25.5 Å². The Kier molecular flexibility index (Phi) is 5.43. The summed E-state index contributed by atoms with van der Waals surface area (Å²) < 4.78 is 7.06. The average molecular weight is 376 g/mol. The molecule has 0 saturated carbocycles. The maximum absolute atomic E-state index is 11.4. The van der Waals surface area contributed by atoms with Crippen molar-refractivity contribution in [2.75, 3.05) is 19.0 Å². The summed E-state index contributed by atoms with van der Waals surface area (Å²) in [6.45, 7) is 5.15. The van der Waals surface area contributed by atoms with Crippen molar-refractivity contribution in [2.24, 2.45) is 0 Å². The number of carbonyl (C=O) groups is 1. The van der Waals surface area contributed by atoms with Crippen molar-refractivity contribution in [1.29, 1.82) is 0 Å². The van der Waals surface area contributed by atoms with Gasteiger partial charge in [-0.3, -0.25) is 0 Å². The molecule has 0 aliphatic rings. The maximum Gasteiger partial charge on any atom is 0.346 e. The minimum absolute atomic E-state index is 0.161. The molecule has 0 fully saturated rings. The second-order valence-electron chi connectivity index (χ2n) is 5.86. The molecule has 3 heterocycles. The fraction of sp³-hybridized carbons (Fsp3) is 0.438. The zero-order valence-corrected chi connectivity index (χ0v) is 15.6. The van der Waals surface area contributed by atoms with Gasteiger partial charge in [0.25, 0.3) is 0 Å². The number of aryl methyl sites for hydroxylation is 2. The van der Waals surface area contributed by atoms with E-state index >= 15 is 0 Å². The van der Waals surface area contributed by atoms with Crippen molar-refractivity contribution >= 4 is 33.3 Å². The van der Waals surface area contributed by atoms with Gasteiger partial charge in [0.2, 0.25) is 0 Å². The van der Waals surface area contributed by atoms with E-state index in [1.165, 1.54) is 6.33 Å². The van der Waals surface area contributed by atoms with Crippen molar-refractivity contribution < 1.29 is 14.6 Å². The van der Waals surface area contributed by atoms with Gasteiger partial charge in [0.05, 0.1) is 11.4 Å². The van der Waals surface area contributed by atoms with E-state index in [-0.39, 0.29) is 10.9 Å². The Morgan fingerprint density at radius 3 is 3.00 bits per heavy atom. The maximum atomic E-state index is 11.4. The number of thiophene rings is 1. The first kappa shape index (κ1) is 18.2. The summed E-state index contributed by atoms with van der Waals surface area (Å²) in [5.41, 5.74) is 0.661. The molecule has 0 aliphatic heterocycles. The van der Waals surface area contributed by atoms with Crippen LogP contribution in [0.5, 0.6) is 0 Å². The fourth-order valence-electron chi connectivity index (χ4n) is 2.81. The molecule has 1 atom stereocenters. The summed E-state index contributed by atoms with van der Waals surface area (Å²) in [5, 5.41) is 21.6. The van der Waals surface area contributed by atoms with Crippen LogP contribution in [0.1, 0.15) is 40.4 Å². The van der Waals surface area contributed by atoms with E-state index in [1.54, 1.807) is 20.4 Å². The lowest BCUT2D eigenvalue weighted by Crippen LogP contribution is -2.15. The number of rotatable bonds is 8. The zero-order chi connectivity index (χ0) is 18.7. The highest BCUT2D eigenvalue weighted by molar-refractivity contribution is 7.20. The molecule has 0 bridgehead atoms. The van der Waals surface area contributed by atoms with Gasteiger partial charge in [-0.15, -0.1) is 21.5 Å². The molecule has 2 N–H and O–H groups in total. The predicted octanol–water partition coefficient (Wildman–Crippen LogP) is 2.50. The lowest BCUT2D eigenvalue weighted by molar-refractivity contribution is 0.0701. The number of hydrogen-bond acceptors (Lipinski definition) is 8. The van der Waals surface area contributed by atoms with Crippen LogP contribution in [0, 0.1) is 6.92 Å². The molecule has 0 radical (unpaired) electrons. The summed E-state index contributed by atoms with van der Waals surface area (Å²) in [5.74, 6) is 0.414. The van der Waals surface area contributed by atoms with Crippen LogP contribution < -0.4 is 5.32 Å². The summed E-state index contributed by atoms with van der Waals surface area (Å²) in [7, 11) is 1.67. The van der Waals surface area contributed by atoms with E-state index < -0.39 is 5.97 Å². The molecule has 138 valence electrons. The molecular formula is C16H20N6O3S. The van der Waals surface area contributed by atoms with Crippen molar-refractivity contribution in [3.63, 3.8) is 0 Å². The van der Waals surface area contributed by atoms with Crippen molar-refractivity contribution in [1.82, 2.24) is 24.7 Å². The molecule has 0 aromatic carbocycles. The lowest BCUT2D eigenvalue weighted by atomic mass is 10.2. The van der Waals surface area contributed by atoms with Crippen LogP contribution in [0.25, 0.3) is 10.2 Å². The zero-order valence-electron chi connectivity index (χ0n) is 14.8. The number of ether oxygens (including phenoxy) is 1. The largest absolute Gasteiger partial charge is 0.477 e. The molecule has 0 aliphatic carbocycles. The number of aromatic carboxylic acids is 1. The van der Waals surface area contributed by atoms with Gasteiger partial charge in [-0.25, -0.2) is 14.8 Å². The Morgan fingerprint density at radius 1 is 1.46 bits per heavy atom. The number of aromatic nitrogens is 5. The van der Waals surface area contributed by atoms with Gasteiger partial charge in [0, 0.05) is 20.3 Å². The normalized spacial score (nSPS) is 12.4. The summed E-state index contributed by atoms with van der Waals surface area (Å²) in [6.07, 6.45) is 3.98. The molecule has 0 unspecified atom stereocenters. The highest BCUT2D eigenvalue weighted by Gasteiger charge is 2.21. The van der Waals surface area contributed by atoms with E-state index in [0.717, 1.165) is 35.5 Å². The van der Waals surface area contributed by atoms with Crippen LogP contribution in [-0.2, 0) is 11.3 Å². The lowest BCUT2D eigenvalue weighted by Gasteiger charge is -2.16. The quantitative estimate of drug-likeness (QED) is 0.576. The number of anilines is 1. The Labute approximate surface area is 154 Å². The Bertz CT molecular complexity index is 922. The van der Waals surface area contributed by atoms with Gasteiger partial charge in [-0.2, -0.15) is 0 Å². The highest BCUT2D eigenvalue weighted by atomic mass is 32.1. The first-order valence-electron chi connectivity index (χ1n) is 8.13. The molecule has 9 nitrogen and oxygen atoms in total. The van der Waals surface area contributed by atoms with Gasteiger partial charge < -0.3 is 19.7 Å². The molecule has 26 heavy (non-hydrogen) atoms. The second-order valence-corrected chi connectivity index (χ2v) is 6.86. The summed E-state index contributed by atoms with van der Waals surface area (Å²) in [4.78, 5) is 20.8. The third kappa shape index (κ3) is 3.51. The molecule has 0 saturated heterocycles. The number of nitrogens with zero attached hydrogens (tertiary/aromatic N) is 5. The third-order valence-corrected chi connectivity index (χ3v) is 5.24. The summed E-state index contributed by atoms with van der Waals surface area (Å²) >= 11 is 1.15. The minimum Gasteiger partial charge on any atom is -0.477 e. The molecule has 3 rings (SSSR count). The highest BCUT2D eigenvalue weighted by Crippen LogP contribution is 2.34. The predicted molar refractivity (Wildman–Crippen MR) is 97.7 cm³/mol. The van der Waals surface area contributed by atoms with Gasteiger partial charge in [-0.05, 0) is 25.8 Å². The molecular weight excluding hydrogens is 356 g/mol. The first-order chi connectivity index (χ1) is 12.5. The third-order valence-electron chi connectivity index (χ3n) is 4.05. The number of nitrogens with one attached hydrogen (secondary N) is 1. The van der Waals surface area contributed by atoms with Gasteiger partial charge in [-0.1, -0.05) is 0 Å². The first-order valence-corrected chi connectivity index (χ1v) is 8.95. The molecule has 0 spiro atoms. The monoisotopic (exact) mass is 376 g/mol. The van der Waals surface area contributed by atoms with Gasteiger partial charge in [0.15, 0.2) is 5.82 Å². The van der Waals surface area contributed by atoms with Crippen LogP contribution in [0.15, 0.2) is 12.7 Å². The van der Waals surface area contributed by atoms with Crippen LogP contribution in [0.3, 0.4) is 0 Å². The molecule has 3 aromatic rings. The van der Waals surface area contributed by atoms with E-state index in [1.807, 2.05) is 11.5 Å². The summed E-state index contributed by atoms with van der Waals surface area (Å²) in [6, 6.07) is -0.161. The van der Waals surface area contributed by atoms with E-state index in [4.69, 9.17) is 4.74 Å². The Balaban J connectivity index is 1.87. The Morgan fingerprint density at radius 2 is 2.27 bits per heavy atom. The standard InChI is InChI=1S/C16H20N6O3S/c1-9-11-13(17-7-18-15(11)26-12(9)16(23)24)20-10(2)14-21-19-8-22(14)5-4-6-25-3/h7-8,10H,4-6H2,1-3H3,(H,23,24)(H,17,18,20)/t10-/m0/s1. The average Bonchev–Trinajstić information content (AvgIpc) is 3.20. The number of fused-ring (bicyclic) bond motifs is 1. The van der Waals surface area contributed by atoms with Gasteiger partial charge >= 0.3 is 5.97 Å². The van der Waals surface area contributed by atoms with Crippen LogP contribution in [-0.4, -0.2) is 49.5 Å². The molecule has 10 heteroatoms. The number of carboxylic acids is 1. The van der Waals surface area contributed by atoms with Crippen LogP contribution >= 0.6 is 11.3 Å². The van der Waals surface area contributed by atoms with Crippen LogP contribution in [0.2, 0.25) is 0 Å². The second kappa shape index (κ2) is 7.75. The smallest absolute Gasteiger partial charge is 0.346 e. The minimum atomic E-state index is -0.956. The van der Waals surface area contributed by atoms with Crippen molar-refractivity contribution in [3.8, 4) is 0 Å². The van der Waals surface area contributed by atoms with Crippen molar-refractivity contribution in [2.45, 2.75) is 32.9 Å².